The maximum atomic E-state index is 10.1. The third-order valence-electron chi connectivity index (χ3n) is 3.32. The van der Waals surface area contributed by atoms with Gasteiger partial charge < -0.3 is 10.4 Å². The van der Waals surface area contributed by atoms with Gasteiger partial charge in [-0.05, 0) is 19.8 Å². The second kappa shape index (κ2) is 5.85. The fourth-order valence-corrected chi connectivity index (χ4v) is 2.01. The smallest absolute Gasteiger partial charge is 0.0860 e. The Balaban J connectivity index is 2.57. The van der Waals surface area contributed by atoms with Crippen LogP contribution in [0.3, 0.4) is 0 Å². The molecular formula is C12H22ClN3O. The van der Waals surface area contributed by atoms with Crippen LogP contribution in [0.5, 0.6) is 0 Å². The molecule has 0 aliphatic carbocycles. The van der Waals surface area contributed by atoms with Crippen LogP contribution < -0.4 is 5.32 Å². The summed E-state index contributed by atoms with van der Waals surface area (Å²) in [7, 11) is 1.88. The molecule has 98 valence electrons. The van der Waals surface area contributed by atoms with E-state index in [1.807, 2.05) is 27.8 Å². The number of hydrogen-bond acceptors (Lipinski definition) is 3. The van der Waals surface area contributed by atoms with Crippen LogP contribution in [0.25, 0.3) is 0 Å². The largest absolute Gasteiger partial charge is 0.389 e. The van der Waals surface area contributed by atoms with Crippen LogP contribution in [0.1, 0.15) is 38.1 Å². The molecule has 0 aliphatic rings. The van der Waals surface area contributed by atoms with Crippen molar-refractivity contribution in [2.24, 2.45) is 7.05 Å². The summed E-state index contributed by atoms with van der Waals surface area (Å²) in [5.41, 5.74) is 1.17. The fraction of sp³-hybridized carbons (Fsp3) is 0.750. The first-order valence-electron chi connectivity index (χ1n) is 6.04. The molecule has 0 unspecified atom stereocenters. The monoisotopic (exact) mass is 259 g/mol. The third kappa shape index (κ3) is 3.44. The van der Waals surface area contributed by atoms with Crippen molar-refractivity contribution in [3.8, 4) is 0 Å². The number of nitrogens with zero attached hydrogens (tertiary/aromatic N) is 2. The number of aromatic nitrogens is 2. The Morgan fingerprint density at radius 1 is 1.41 bits per heavy atom. The van der Waals surface area contributed by atoms with E-state index in [0.717, 1.165) is 24.2 Å². The van der Waals surface area contributed by atoms with E-state index in [9.17, 15) is 5.11 Å². The van der Waals surface area contributed by atoms with Gasteiger partial charge in [0.1, 0.15) is 0 Å². The van der Waals surface area contributed by atoms with E-state index in [1.165, 1.54) is 0 Å². The second-order valence-electron chi connectivity index (χ2n) is 4.50. The van der Waals surface area contributed by atoms with Gasteiger partial charge in [0.2, 0.25) is 0 Å². The fourth-order valence-electron chi connectivity index (χ4n) is 1.79. The molecule has 0 saturated heterocycles. The van der Waals surface area contributed by atoms with Crippen molar-refractivity contribution in [1.29, 1.82) is 0 Å². The summed E-state index contributed by atoms with van der Waals surface area (Å²) in [6, 6.07) is 0. The van der Waals surface area contributed by atoms with Crippen LogP contribution in [0.15, 0.2) is 0 Å². The first-order valence-corrected chi connectivity index (χ1v) is 6.42. The van der Waals surface area contributed by atoms with Gasteiger partial charge in [-0.2, -0.15) is 5.10 Å². The molecule has 4 nitrogen and oxygen atoms in total. The SMILES string of the molecule is CCC(O)(CC)CNCc1c(Cl)c(C)nn1C. The molecule has 1 rings (SSSR count). The topological polar surface area (TPSA) is 50.1 Å². The molecule has 0 aliphatic heterocycles. The zero-order chi connectivity index (χ0) is 13.1. The van der Waals surface area contributed by atoms with Gasteiger partial charge in [-0.15, -0.1) is 0 Å². The maximum absolute atomic E-state index is 10.1. The molecule has 5 heteroatoms. The lowest BCUT2D eigenvalue weighted by atomic mass is 9.98. The number of halogens is 1. The summed E-state index contributed by atoms with van der Waals surface area (Å²) >= 11 is 6.15. The van der Waals surface area contributed by atoms with Gasteiger partial charge in [0.25, 0.3) is 0 Å². The molecule has 0 spiro atoms. The van der Waals surface area contributed by atoms with E-state index in [1.54, 1.807) is 4.68 Å². The van der Waals surface area contributed by atoms with Crippen molar-refractivity contribution in [3.63, 3.8) is 0 Å². The molecule has 0 aromatic carbocycles. The van der Waals surface area contributed by atoms with Gasteiger partial charge in [-0.3, -0.25) is 4.68 Å². The molecule has 1 aromatic heterocycles. The Morgan fingerprint density at radius 3 is 2.41 bits per heavy atom. The molecule has 1 aromatic rings. The van der Waals surface area contributed by atoms with Crippen molar-refractivity contribution in [3.05, 3.63) is 16.4 Å². The summed E-state index contributed by atoms with van der Waals surface area (Å²) < 4.78 is 1.78. The molecule has 1 heterocycles. The number of nitrogens with one attached hydrogen (secondary N) is 1. The lowest BCUT2D eigenvalue weighted by Crippen LogP contribution is -2.39. The van der Waals surface area contributed by atoms with E-state index >= 15 is 0 Å². The van der Waals surface area contributed by atoms with Crippen LogP contribution in [0.2, 0.25) is 5.02 Å². The van der Waals surface area contributed by atoms with E-state index in [4.69, 9.17) is 11.6 Å². The normalized spacial score (nSPS) is 12.1. The maximum Gasteiger partial charge on any atom is 0.0860 e. The highest BCUT2D eigenvalue weighted by molar-refractivity contribution is 6.31. The summed E-state index contributed by atoms with van der Waals surface area (Å²) in [4.78, 5) is 0. The van der Waals surface area contributed by atoms with E-state index in [2.05, 4.69) is 10.4 Å². The number of aryl methyl sites for hydroxylation is 2. The van der Waals surface area contributed by atoms with E-state index < -0.39 is 5.60 Å². The van der Waals surface area contributed by atoms with Crippen molar-refractivity contribution in [2.75, 3.05) is 6.54 Å². The van der Waals surface area contributed by atoms with Gasteiger partial charge in [-0.1, -0.05) is 25.4 Å². The highest BCUT2D eigenvalue weighted by Crippen LogP contribution is 2.19. The summed E-state index contributed by atoms with van der Waals surface area (Å²) in [5.74, 6) is 0. The summed E-state index contributed by atoms with van der Waals surface area (Å²) in [6.07, 6.45) is 1.49. The van der Waals surface area contributed by atoms with Crippen LogP contribution in [-0.2, 0) is 13.6 Å². The van der Waals surface area contributed by atoms with Crippen molar-refractivity contribution >= 4 is 11.6 Å². The van der Waals surface area contributed by atoms with Gasteiger partial charge in [0, 0.05) is 20.1 Å². The molecule has 0 radical (unpaired) electrons. The molecule has 2 N–H and O–H groups in total. The molecule has 0 bridgehead atoms. The van der Waals surface area contributed by atoms with E-state index in [-0.39, 0.29) is 0 Å². The number of aliphatic hydroxyl groups is 1. The molecular weight excluding hydrogens is 238 g/mol. The van der Waals surface area contributed by atoms with Crippen LogP contribution in [0.4, 0.5) is 0 Å². The van der Waals surface area contributed by atoms with Crippen molar-refractivity contribution in [2.45, 2.75) is 45.8 Å². The predicted molar refractivity (Wildman–Crippen MR) is 70.2 cm³/mol. The standard InChI is InChI=1S/C12H22ClN3O/c1-5-12(17,6-2)8-14-7-10-11(13)9(3)15-16(10)4/h14,17H,5-8H2,1-4H3. The quantitative estimate of drug-likeness (QED) is 0.822. The molecule has 0 fully saturated rings. The number of hydrogen-bond donors (Lipinski definition) is 2. The van der Waals surface area contributed by atoms with Gasteiger partial charge in [0.05, 0.1) is 22.0 Å². The Morgan fingerprint density at radius 2 is 2.00 bits per heavy atom. The van der Waals surface area contributed by atoms with Crippen molar-refractivity contribution < 1.29 is 5.11 Å². The van der Waals surface area contributed by atoms with Gasteiger partial charge in [-0.25, -0.2) is 0 Å². The van der Waals surface area contributed by atoms with E-state index in [0.29, 0.717) is 18.1 Å². The molecule has 17 heavy (non-hydrogen) atoms. The summed E-state index contributed by atoms with van der Waals surface area (Å²) in [5, 5.41) is 18.3. The average molecular weight is 260 g/mol. The average Bonchev–Trinajstić information content (AvgIpc) is 2.55. The molecule has 0 saturated carbocycles. The number of rotatable bonds is 6. The Labute approximate surface area is 108 Å². The van der Waals surface area contributed by atoms with Crippen LogP contribution in [-0.4, -0.2) is 27.0 Å². The van der Waals surface area contributed by atoms with Crippen LogP contribution >= 0.6 is 11.6 Å². The molecule has 0 amide bonds. The van der Waals surface area contributed by atoms with Gasteiger partial charge >= 0.3 is 0 Å². The first-order chi connectivity index (χ1) is 7.93. The highest BCUT2D eigenvalue weighted by Gasteiger charge is 2.21. The Kier molecular flexibility index (Phi) is 4.98. The lowest BCUT2D eigenvalue weighted by Gasteiger charge is -2.25. The molecule has 0 atom stereocenters. The minimum absolute atomic E-state index is 0.570. The lowest BCUT2D eigenvalue weighted by molar-refractivity contribution is 0.0321. The zero-order valence-corrected chi connectivity index (χ0v) is 11.8. The van der Waals surface area contributed by atoms with Crippen LogP contribution in [0, 0.1) is 6.92 Å². The minimum atomic E-state index is -0.625. The highest BCUT2D eigenvalue weighted by atomic mass is 35.5. The Hall–Kier alpha value is -0.580. The first kappa shape index (κ1) is 14.5. The van der Waals surface area contributed by atoms with Gasteiger partial charge in [0.15, 0.2) is 0 Å². The Bertz CT molecular complexity index is 372. The summed E-state index contributed by atoms with van der Waals surface area (Å²) in [6.45, 7) is 7.07. The van der Waals surface area contributed by atoms with Crippen molar-refractivity contribution in [1.82, 2.24) is 15.1 Å². The third-order valence-corrected chi connectivity index (χ3v) is 3.82. The zero-order valence-electron chi connectivity index (χ0n) is 11.0. The minimum Gasteiger partial charge on any atom is -0.389 e. The second-order valence-corrected chi connectivity index (χ2v) is 4.88. The predicted octanol–water partition coefficient (Wildman–Crippen LogP) is 2.02.